The molecule has 166 valence electrons. The lowest BCUT2D eigenvalue weighted by molar-refractivity contribution is -0.139. The second kappa shape index (κ2) is 8.51. The number of nitrogens with one attached hydrogen (secondary N) is 1. The van der Waals surface area contributed by atoms with Crippen LogP contribution in [-0.2, 0) is 25.6 Å². The Morgan fingerprint density at radius 2 is 1.79 bits per heavy atom. The van der Waals surface area contributed by atoms with Crippen LogP contribution in [0.25, 0.3) is 0 Å². The van der Waals surface area contributed by atoms with E-state index in [4.69, 9.17) is 15.2 Å². The second-order valence-electron chi connectivity index (χ2n) is 7.33. The number of ether oxygens (including phenoxy) is 2. The number of carbonyl (C=O) groups excluding carboxylic acids is 3. The summed E-state index contributed by atoms with van der Waals surface area (Å²) in [4.78, 5) is 40.0. The van der Waals surface area contributed by atoms with Crippen molar-refractivity contribution in [3.05, 3.63) is 87.9 Å². The number of hydrogen-bond donors (Lipinski definition) is 2. The number of anilines is 1. The molecule has 0 bridgehead atoms. The predicted octanol–water partition coefficient (Wildman–Crippen LogP) is 1.83. The van der Waals surface area contributed by atoms with Crippen LogP contribution in [0.1, 0.15) is 27.4 Å². The maximum atomic E-state index is 13.1. The van der Waals surface area contributed by atoms with Gasteiger partial charge in [0.25, 0.3) is 5.91 Å². The molecule has 2 aromatic rings. The molecule has 33 heavy (non-hydrogen) atoms. The van der Waals surface area contributed by atoms with E-state index in [-0.39, 0.29) is 34.3 Å². The number of carbonyl (C=O) groups is 3. The van der Waals surface area contributed by atoms with Crippen molar-refractivity contribution < 1.29 is 23.9 Å². The molecule has 2 aromatic carbocycles. The van der Waals surface area contributed by atoms with Crippen LogP contribution in [0.5, 0.6) is 0 Å². The van der Waals surface area contributed by atoms with Gasteiger partial charge in [0.15, 0.2) is 0 Å². The first-order chi connectivity index (χ1) is 15.9. The largest absolute Gasteiger partial charge is 0.466 e. The van der Waals surface area contributed by atoms with E-state index in [1.165, 1.54) is 19.1 Å². The first-order valence-electron chi connectivity index (χ1n) is 10.00. The summed E-state index contributed by atoms with van der Waals surface area (Å²) in [7, 11) is 2.35. The van der Waals surface area contributed by atoms with Gasteiger partial charge in [-0.05, 0) is 17.2 Å². The second-order valence-corrected chi connectivity index (χ2v) is 7.33. The molecular weight excluding hydrogens is 424 g/mol. The highest BCUT2D eigenvalue weighted by Crippen LogP contribution is 2.44. The fourth-order valence-corrected chi connectivity index (χ4v) is 4.21. The van der Waals surface area contributed by atoms with Crippen molar-refractivity contribution in [1.82, 2.24) is 5.32 Å². The summed E-state index contributed by atoms with van der Waals surface area (Å²) in [6.07, 6.45) is 0. The van der Waals surface area contributed by atoms with Crippen LogP contribution < -0.4 is 16.0 Å². The molecule has 0 aromatic heterocycles. The zero-order valence-corrected chi connectivity index (χ0v) is 17.9. The molecule has 1 unspecified atom stereocenters. The molecule has 1 atom stereocenters. The fourth-order valence-electron chi connectivity index (χ4n) is 4.21. The van der Waals surface area contributed by atoms with Gasteiger partial charge >= 0.3 is 11.9 Å². The standard InChI is InChI=1S/C24H20N4O5/c1-32-23(30)19-17(13-7-4-3-5-8-13)15(11-25)21(26)28(20(19)24(31)33-2)16-10-6-9-14-12-27-22(29)18(14)16/h3-10,17H,12,26H2,1-2H3,(H,27,29). The van der Waals surface area contributed by atoms with Crippen LogP contribution in [0.4, 0.5) is 5.69 Å². The van der Waals surface area contributed by atoms with Crippen molar-refractivity contribution in [2.45, 2.75) is 12.5 Å². The quantitative estimate of drug-likeness (QED) is 0.682. The highest BCUT2D eigenvalue weighted by atomic mass is 16.5. The van der Waals surface area contributed by atoms with Crippen LogP contribution in [-0.4, -0.2) is 32.1 Å². The molecule has 3 N–H and O–H groups in total. The van der Waals surface area contributed by atoms with E-state index in [9.17, 15) is 19.6 Å². The Balaban J connectivity index is 2.10. The van der Waals surface area contributed by atoms with Crippen molar-refractivity contribution in [1.29, 1.82) is 5.26 Å². The van der Waals surface area contributed by atoms with E-state index in [2.05, 4.69) is 11.4 Å². The molecule has 4 rings (SSSR count). The number of nitrogens with zero attached hydrogens (tertiary/aromatic N) is 2. The van der Waals surface area contributed by atoms with E-state index < -0.39 is 17.9 Å². The van der Waals surface area contributed by atoms with E-state index in [1.807, 2.05) is 0 Å². The van der Waals surface area contributed by atoms with Crippen molar-refractivity contribution in [2.75, 3.05) is 19.1 Å². The Kier molecular flexibility index (Phi) is 5.58. The Morgan fingerprint density at radius 3 is 2.42 bits per heavy atom. The maximum absolute atomic E-state index is 13.1. The molecule has 0 spiro atoms. The van der Waals surface area contributed by atoms with Gasteiger partial charge < -0.3 is 20.5 Å². The molecule has 1 amide bonds. The molecule has 9 heteroatoms. The van der Waals surface area contributed by atoms with Gasteiger partial charge in [-0.3, -0.25) is 9.69 Å². The smallest absolute Gasteiger partial charge is 0.355 e. The molecule has 2 heterocycles. The third-order valence-electron chi connectivity index (χ3n) is 5.65. The molecular formula is C24H20N4O5. The highest BCUT2D eigenvalue weighted by molar-refractivity contribution is 6.10. The van der Waals surface area contributed by atoms with Crippen LogP contribution in [0.3, 0.4) is 0 Å². The van der Waals surface area contributed by atoms with Gasteiger partial charge in [0.1, 0.15) is 11.5 Å². The lowest BCUT2D eigenvalue weighted by Crippen LogP contribution is -2.41. The van der Waals surface area contributed by atoms with Crippen LogP contribution in [0.15, 0.2) is 71.2 Å². The number of benzene rings is 2. The summed E-state index contributed by atoms with van der Waals surface area (Å²) in [5.74, 6) is -3.12. The number of hydrogen-bond acceptors (Lipinski definition) is 8. The summed E-state index contributed by atoms with van der Waals surface area (Å²) < 4.78 is 10.0. The average molecular weight is 444 g/mol. The van der Waals surface area contributed by atoms with Gasteiger partial charge in [-0.1, -0.05) is 42.5 Å². The lowest BCUT2D eigenvalue weighted by Gasteiger charge is -2.36. The van der Waals surface area contributed by atoms with Crippen molar-refractivity contribution in [3.8, 4) is 6.07 Å². The lowest BCUT2D eigenvalue weighted by atomic mass is 9.80. The average Bonchev–Trinajstić information content (AvgIpc) is 3.23. The minimum atomic E-state index is -0.973. The summed E-state index contributed by atoms with van der Waals surface area (Å²) in [5, 5.41) is 12.8. The van der Waals surface area contributed by atoms with Gasteiger partial charge in [0.2, 0.25) is 0 Å². The van der Waals surface area contributed by atoms with Crippen molar-refractivity contribution in [2.24, 2.45) is 5.73 Å². The Bertz CT molecular complexity index is 1270. The first kappa shape index (κ1) is 21.6. The Labute approximate surface area is 189 Å². The summed E-state index contributed by atoms with van der Waals surface area (Å²) in [6.45, 7) is 0.304. The summed E-state index contributed by atoms with van der Waals surface area (Å²) in [6, 6.07) is 15.8. The zero-order chi connectivity index (χ0) is 23.7. The number of nitrogens with two attached hydrogens (primary N) is 1. The molecule has 0 fully saturated rings. The Hall–Kier alpha value is -4.58. The number of esters is 2. The zero-order valence-electron chi connectivity index (χ0n) is 17.9. The van der Waals surface area contributed by atoms with Gasteiger partial charge in [-0.15, -0.1) is 0 Å². The number of nitriles is 1. The molecule has 0 aliphatic carbocycles. The molecule has 0 saturated carbocycles. The Morgan fingerprint density at radius 1 is 1.09 bits per heavy atom. The number of amides is 1. The number of rotatable bonds is 4. The predicted molar refractivity (Wildman–Crippen MR) is 117 cm³/mol. The highest BCUT2D eigenvalue weighted by Gasteiger charge is 2.44. The first-order valence-corrected chi connectivity index (χ1v) is 10.00. The minimum absolute atomic E-state index is 0.0326. The molecule has 9 nitrogen and oxygen atoms in total. The SMILES string of the molecule is COC(=O)C1=C(C(=O)OC)N(c2cccc3c2C(=O)NC3)C(N)=C(C#N)C1c1ccccc1. The van der Waals surface area contributed by atoms with Gasteiger partial charge in [0.05, 0.1) is 48.6 Å². The fraction of sp³-hybridized carbons (Fsp3) is 0.167. The van der Waals surface area contributed by atoms with Crippen LogP contribution in [0.2, 0.25) is 0 Å². The van der Waals surface area contributed by atoms with Crippen LogP contribution in [0, 0.1) is 11.3 Å². The van der Waals surface area contributed by atoms with E-state index >= 15 is 0 Å². The molecule has 0 saturated heterocycles. The van der Waals surface area contributed by atoms with Crippen molar-refractivity contribution >= 4 is 23.5 Å². The van der Waals surface area contributed by atoms with Crippen molar-refractivity contribution in [3.63, 3.8) is 0 Å². The topological polar surface area (TPSA) is 135 Å². The third kappa shape index (κ3) is 3.38. The summed E-state index contributed by atoms with van der Waals surface area (Å²) in [5.41, 5.74) is 7.98. The maximum Gasteiger partial charge on any atom is 0.355 e. The monoisotopic (exact) mass is 444 g/mol. The molecule has 0 radical (unpaired) electrons. The third-order valence-corrected chi connectivity index (χ3v) is 5.65. The summed E-state index contributed by atoms with van der Waals surface area (Å²) >= 11 is 0. The van der Waals surface area contributed by atoms with E-state index in [0.29, 0.717) is 23.2 Å². The van der Waals surface area contributed by atoms with Gasteiger partial charge in [0, 0.05) is 6.54 Å². The minimum Gasteiger partial charge on any atom is -0.466 e. The van der Waals surface area contributed by atoms with E-state index in [1.54, 1.807) is 48.5 Å². The van der Waals surface area contributed by atoms with Gasteiger partial charge in [-0.25, -0.2) is 9.59 Å². The molecule has 2 aliphatic rings. The molecule has 2 aliphatic heterocycles. The number of allylic oxidation sites excluding steroid dienone is 1. The number of methoxy groups -OCH3 is 2. The van der Waals surface area contributed by atoms with Crippen LogP contribution >= 0.6 is 0 Å². The van der Waals surface area contributed by atoms with Gasteiger partial charge in [-0.2, -0.15) is 5.26 Å². The normalized spacial score (nSPS) is 17.3. The van der Waals surface area contributed by atoms with E-state index in [0.717, 1.165) is 0 Å². The number of fused-ring (bicyclic) bond motifs is 1.